The summed E-state index contributed by atoms with van der Waals surface area (Å²) in [6, 6.07) is 7.38. The van der Waals surface area contributed by atoms with E-state index in [1.54, 1.807) is 19.1 Å². The standard InChI is InChI=1S/C13H22N2O2S/c1-5-15-18(16,17)13-9-7-6-8-12(13)10(2)11(3)14-4/h6-11,14-15H,5H2,1-4H3. The summed E-state index contributed by atoms with van der Waals surface area (Å²) in [5.41, 5.74) is 0.848. The van der Waals surface area contributed by atoms with Gasteiger partial charge in [0.05, 0.1) is 4.90 Å². The van der Waals surface area contributed by atoms with E-state index in [4.69, 9.17) is 0 Å². The number of nitrogens with one attached hydrogen (secondary N) is 2. The Kier molecular flexibility index (Phi) is 5.31. The summed E-state index contributed by atoms with van der Waals surface area (Å²) >= 11 is 0. The Morgan fingerprint density at radius 1 is 1.22 bits per heavy atom. The third-order valence-electron chi connectivity index (χ3n) is 3.24. The topological polar surface area (TPSA) is 58.2 Å². The Hall–Kier alpha value is -0.910. The van der Waals surface area contributed by atoms with Crippen LogP contribution in [0.4, 0.5) is 0 Å². The summed E-state index contributed by atoms with van der Waals surface area (Å²) in [5, 5.41) is 3.16. The third-order valence-corrected chi connectivity index (χ3v) is 4.86. The van der Waals surface area contributed by atoms with E-state index in [2.05, 4.69) is 10.0 Å². The van der Waals surface area contributed by atoms with Gasteiger partial charge >= 0.3 is 0 Å². The first-order chi connectivity index (χ1) is 8.44. The van der Waals surface area contributed by atoms with Gasteiger partial charge in [0.1, 0.15) is 0 Å². The van der Waals surface area contributed by atoms with E-state index < -0.39 is 10.0 Å². The molecule has 0 saturated carbocycles. The molecule has 2 N–H and O–H groups in total. The summed E-state index contributed by atoms with van der Waals surface area (Å²) in [4.78, 5) is 0.376. The van der Waals surface area contributed by atoms with Crippen LogP contribution in [0.1, 0.15) is 32.3 Å². The molecule has 0 saturated heterocycles. The minimum Gasteiger partial charge on any atom is -0.317 e. The van der Waals surface area contributed by atoms with Crippen molar-refractivity contribution < 1.29 is 8.42 Å². The van der Waals surface area contributed by atoms with Gasteiger partial charge in [0.25, 0.3) is 0 Å². The van der Waals surface area contributed by atoms with E-state index in [1.807, 2.05) is 33.0 Å². The van der Waals surface area contributed by atoms with E-state index in [-0.39, 0.29) is 12.0 Å². The molecule has 0 fully saturated rings. The van der Waals surface area contributed by atoms with Crippen molar-refractivity contribution in [1.82, 2.24) is 10.0 Å². The minimum atomic E-state index is -3.41. The molecule has 0 aromatic heterocycles. The van der Waals surface area contributed by atoms with Gasteiger partial charge in [-0.15, -0.1) is 0 Å². The molecule has 0 aliphatic rings. The normalized spacial score (nSPS) is 15.3. The molecule has 0 bridgehead atoms. The van der Waals surface area contributed by atoms with Crippen molar-refractivity contribution in [3.63, 3.8) is 0 Å². The molecular weight excluding hydrogens is 248 g/mol. The average Bonchev–Trinajstić information content (AvgIpc) is 2.37. The van der Waals surface area contributed by atoms with Crippen LogP contribution in [0, 0.1) is 0 Å². The number of hydrogen-bond donors (Lipinski definition) is 2. The number of likely N-dealkylation sites (N-methyl/N-ethyl adjacent to an activating group) is 1. The first-order valence-electron chi connectivity index (χ1n) is 6.19. The molecule has 0 radical (unpaired) electrons. The summed E-state index contributed by atoms with van der Waals surface area (Å²) in [5.74, 6) is 0.125. The van der Waals surface area contributed by atoms with Gasteiger partial charge in [-0.1, -0.05) is 32.0 Å². The summed E-state index contributed by atoms with van der Waals surface area (Å²) in [6.45, 7) is 6.25. The van der Waals surface area contributed by atoms with Crippen molar-refractivity contribution in [1.29, 1.82) is 0 Å². The van der Waals surface area contributed by atoms with Crippen LogP contribution in [0.15, 0.2) is 29.2 Å². The van der Waals surface area contributed by atoms with E-state index in [0.717, 1.165) is 5.56 Å². The predicted molar refractivity (Wildman–Crippen MR) is 74.2 cm³/mol. The van der Waals surface area contributed by atoms with Crippen molar-refractivity contribution in [2.24, 2.45) is 0 Å². The van der Waals surface area contributed by atoms with Crippen LogP contribution < -0.4 is 10.0 Å². The third kappa shape index (κ3) is 3.31. The van der Waals surface area contributed by atoms with E-state index in [1.165, 1.54) is 0 Å². The first kappa shape index (κ1) is 15.1. The van der Waals surface area contributed by atoms with E-state index >= 15 is 0 Å². The fraction of sp³-hybridized carbons (Fsp3) is 0.538. The summed E-state index contributed by atoms with van der Waals surface area (Å²) in [7, 11) is -1.53. The maximum absolute atomic E-state index is 12.1. The lowest BCUT2D eigenvalue weighted by Gasteiger charge is -2.22. The highest BCUT2D eigenvalue weighted by Crippen LogP contribution is 2.26. The van der Waals surface area contributed by atoms with E-state index in [0.29, 0.717) is 11.4 Å². The quantitative estimate of drug-likeness (QED) is 0.827. The fourth-order valence-electron chi connectivity index (χ4n) is 1.89. The van der Waals surface area contributed by atoms with Gasteiger partial charge in [-0.25, -0.2) is 13.1 Å². The molecule has 0 amide bonds. The van der Waals surface area contributed by atoms with Crippen LogP contribution >= 0.6 is 0 Å². The van der Waals surface area contributed by atoms with Gasteiger partial charge in [-0.05, 0) is 31.5 Å². The zero-order valence-electron chi connectivity index (χ0n) is 11.4. The van der Waals surface area contributed by atoms with Crippen molar-refractivity contribution in [2.75, 3.05) is 13.6 Å². The SMILES string of the molecule is CCNS(=O)(=O)c1ccccc1C(C)C(C)NC. The number of benzene rings is 1. The number of rotatable bonds is 6. The first-order valence-corrected chi connectivity index (χ1v) is 7.68. The molecule has 18 heavy (non-hydrogen) atoms. The Morgan fingerprint density at radius 2 is 1.83 bits per heavy atom. The molecule has 102 valence electrons. The average molecular weight is 270 g/mol. The van der Waals surface area contributed by atoms with Gasteiger partial charge < -0.3 is 5.32 Å². The summed E-state index contributed by atoms with van der Waals surface area (Å²) < 4.78 is 26.8. The van der Waals surface area contributed by atoms with Crippen molar-refractivity contribution >= 4 is 10.0 Å². The smallest absolute Gasteiger partial charge is 0.240 e. The molecule has 0 spiro atoms. The Balaban J connectivity index is 3.23. The summed E-state index contributed by atoms with van der Waals surface area (Å²) in [6.07, 6.45) is 0. The fourth-order valence-corrected chi connectivity index (χ4v) is 3.25. The van der Waals surface area contributed by atoms with Crippen LogP contribution in [0.25, 0.3) is 0 Å². The maximum atomic E-state index is 12.1. The Morgan fingerprint density at radius 3 is 2.39 bits per heavy atom. The van der Waals surface area contributed by atoms with Gasteiger partial charge in [0.2, 0.25) is 10.0 Å². The molecule has 2 unspecified atom stereocenters. The molecule has 0 heterocycles. The highest BCUT2D eigenvalue weighted by Gasteiger charge is 2.22. The second-order valence-electron chi connectivity index (χ2n) is 4.41. The van der Waals surface area contributed by atoms with E-state index in [9.17, 15) is 8.42 Å². The maximum Gasteiger partial charge on any atom is 0.240 e. The van der Waals surface area contributed by atoms with Crippen molar-refractivity contribution in [2.45, 2.75) is 37.6 Å². The monoisotopic (exact) mass is 270 g/mol. The molecule has 0 aliphatic carbocycles. The van der Waals surface area contributed by atoms with Gasteiger partial charge in [0, 0.05) is 12.6 Å². The van der Waals surface area contributed by atoms with Crippen LogP contribution in [0.5, 0.6) is 0 Å². The van der Waals surface area contributed by atoms with Crippen LogP contribution in [0.2, 0.25) is 0 Å². The highest BCUT2D eigenvalue weighted by molar-refractivity contribution is 7.89. The zero-order valence-corrected chi connectivity index (χ0v) is 12.2. The predicted octanol–water partition coefficient (Wildman–Crippen LogP) is 1.70. The van der Waals surface area contributed by atoms with Crippen molar-refractivity contribution in [3.05, 3.63) is 29.8 Å². The zero-order chi connectivity index (χ0) is 13.8. The lowest BCUT2D eigenvalue weighted by Crippen LogP contribution is -2.30. The Labute approximate surface area is 110 Å². The highest BCUT2D eigenvalue weighted by atomic mass is 32.2. The molecule has 1 rings (SSSR count). The number of sulfonamides is 1. The molecule has 1 aromatic carbocycles. The molecule has 5 heteroatoms. The molecule has 0 aliphatic heterocycles. The Bertz CT molecular complexity index is 486. The molecule has 1 aromatic rings. The lowest BCUT2D eigenvalue weighted by atomic mass is 9.94. The van der Waals surface area contributed by atoms with Crippen molar-refractivity contribution in [3.8, 4) is 0 Å². The molecular formula is C13H22N2O2S. The minimum absolute atomic E-state index is 0.125. The lowest BCUT2D eigenvalue weighted by molar-refractivity contribution is 0.515. The van der Waals surface area contributed by atoms with Crippen LogP contribution in [-0.2, 0) is 10.0 Å². The van der Waals surface area contributed by atoms with Gasteiger partial charge in [0.15, 0.2) is 0 Å². The van der Waals surface area contributed by atoms with Gasteiger partial charge in [-0.3, -0.25) is 0 Å². The molecule has 4 nitrogen and oxygen atoms in total. The largest absolute Gasteiger partial charge is 0.317 e. The van der Waals surface area contributed by atoms with Crippen LogP contribution in [-0.4, -0.2) is 28.1 Å². The van der Waals surface area contributed by atoms with Crippen LogP contribution in [0.3, 0.4) is 0 Å². The van der Waals surface area contributed by atoms with Gasteiger partial charge in [-0.2, -0.15) is 0 Å². The number of hydrogen-bond acceptors (Lipinski definition) is 3. The second-order valence-corrected chi connectivity index (χ2v) is 6.14. The second kappa shape index (κ2) is 6.31. The molecule has 2 atom stereocenters.